The second-order valence-electron chi connectivity index (χ2n) is 8.20. The van der Waals surface area contributed by atoms with Crippen LogP contribution in [0.5, 0.6) is 5.75 Å². The topological polar surface area (TPSA) is 66.8 Å². The van der Waals surface area contributed by atoms with Gasteiger partial charge in [0.2, 0.25) is 0 Å². The van der Waals surface area contributed by atoms with Crippen molar-refractivity contribution in [1.82, 2.24) is 4.90 Å². The number of benzene rings is 3. The van der Waals surface area contributed by atoms with Crippen molar-refractivity contribution >= 4 is 17.4 Å². The first kappa shape index (κ1) is 22.3. The molecule has 0 aliphatic carbocycles. The highest BCUT2D eigenvalue weighted by atomic mass is 16.5. The number of ether oxygens (including phenoxy) is 1. The Balaban J connectivity index is 1.81. The number of aryl methyl sites for hydroxylation is 1. The summed E-state index contributed by atoms with van der Waals surface area (Å²) >= 11 is 0. The van der Waals surface area contributed by atoms with Crippen LogP contribution in [0.25, 0.3) is 5.76 Å². The van der Waals surface area contributed by atoms with Gasteiger partial charge in [-0.2, -0.15) is 0 Å². The number of hydrogen-bond acceptors (Lipinski definition) is 4. The smallest absolute Gasteiger partial charge is 0.295 e. The van der Waals surface area contributed by atoms with E-state index < -0.39 is 17.7 Å². The summed E-state index contributed by atoms with van der Waals surface area (Å²) in [5.41, 5.74) is 3.28. The predicted molar refractivity (Wildman–Crippen MR) is 128 cm³/mol. The SMILES string of the molecule is CCCOc1cccc(/C(O)=C2\C(=O)C(=O)N(Cc3ccccc3)C2c2ccc(C)cc2)c1. The maximum absolute atomic E-state index is 13.2. The third-order valence-corrected chi connectivity index (χ3v) is 5.71. The molecule has 1 fully saturated rings. The summed E-state index contributed by atoms with van der Waals surface area (Å²) in [6.45, 7) is 4.81. The van der Waals surface area contributed by atoms with Crippen LogP contribution in [0.4, 0.5) is 0 Å². The molecule has 33 heavy (non-hydrogen) atoms. The van der Waals surface area contributed by atoms with Crippen LogP contribution in [0.3, 0.4) is 0 Å². The van der Waals surface area contributed by atoms with Crippen LogP contribution < -0.4 is 4.74 Å². The fourth-order valence-corrected chi connectivity index (χ4v) is 4.03. The van der Waals surface area contributed by atoms with Crippen molar-refractivity contribution in [2.24, 2.45) is 0 Å². The van der Waals surface area contributed by atoms with Gasteiger partial charge in [0, 0.05) is 12.1 Å². The lowest BCUT2D eigenvalue weighted by atomic mass is 9.94. The lowest BCUT2D eigenvalue weighted by molar-refractivity contribution is -0.140. The van der Waals surface area contributed by atoms with Crippen molar-refractivity contribution in [1.29, 1.82) is 0 Å². The van der Waals surface area contributed by atoms with E-state index >= 15 is 0 Å². The number of ketones is 1. The van der Waals surface area contributed by atoms with Gasteiger partial charge in [-0.05, 0) is 36.6 Å². The lowest BCUT2D eigenvalue weighted by Crippen LogP contribution is -2.29. The monoisotopic (exact) mass is 441 g/mol. The van der Waals surface area contributed by atoms with Crippen LogP contribution in [0.15, 0.2) is 84.4 Å². The number of carbonyl (C=O) groups is 2. The van der Waals surface area contributed by atoms with Gasteiger partial charge in [0.25, 0.3) is 11.7 Å². The molecule has 1 unspecified atom stereocenters. The first-order valence-electron chi connectivity index (χ1n) is 11.1. The molecule has 1 aliphatic rings. The zero-order valence-electron chi connectivity index (χ0n) is 18.8. The summed E-state index contributed by atoms with van der Waals surface area (Å²) in [5.74, 6) is -0.902. The molecule has 5 nitrogen and oxygen atoms in total. The zero-order valence-corrected chi connectivity index (χ0v) is 18.8. The number of aliphatic hydroxyl groups excluding tert-OH is 1. The van der Waals surface area contributed by atoms with E-state index in [1.54, 1.807) is 24.3 Å². The summed E-state index contributed by atoms with van der Waals surface area (Å²) in [4.78, 5) is 27.8. The predicted octanol–water partition coefficient (Wildman–Crippen LogP) is 5.41. The minimum absolute atomic E-state index is 0.0902. The fourth-order valence-electron chi connectivity index (χ4n) is 4.03. The van der Waals surface area contributed by atoms with Crippen LogP contribution in [0.1, 0.15) is 41.6 Å². The number of carbonyl (C=O) groups excluding carboxylic acids is 2. The minimum atomic E-state index is -0.689. The number of aliphatic hydroxyl groups is 1. The van der Waals surface area contributed by atoms with Gasteiger partial charge < -0.3 is 14.7 Å². The van der Waals surface area contributed by atoms with Crippen LogP contribution >= 0.6 is 0 Å². The molecule has 168 valence electrons. The Morgan fingerprint density at radius 3 is 2.39 bits per heavy atom. The van der Waals surface area contributed by atoms with Crippen molar-refractivity contribution in [2.75, 3.05) is 6.61 Å². The Bertz CT molecular complexity index is 1180. The van der Waals surface area contributed by atoms with Gasteiger partial charge in [-0.3, -0.25) is 9.59 Å². The number of Topliss-reactive ketones (excluding diaryl/α,β-unsaturated/α-hetero) is 1. The molecule has 3 aromatic rings. The molecular weight excluding hydrogens is 414 g/mol. The van der Waals surface area contributed by atoms with Gasteiger partial charge in [0.05, 0.1) is 18.2 Å². The van der Waals surface area contributed by atoms with E-state index in [0.29, 0.717) is 17.9 Å². The maximum Gasteiger partial charge on any atom is 0.295 e. The number of nitrogens with zero attached hydrogens (tertiary/aromatic N) is 1. The molecular formula is C28H27NO4. The number of rotatable bonds is 7. The largest absolute Gasteiger partial charge is 0.507 e. The van der Waals surface area contributed by atoms with Crippen LogP contribution in [-0.4, -0.2) is 28.3 Å². The van der Waals surface area contributed by atoms with Crippen molar-refractivity contribution < 1.29 is 19.4 Å². The fraction of sp³-hybridized carbons (Fsp3) is 0.214. The second kappa shape index (κ2) is 9.74. The molecule has 0 radical (unpaired) electrons. The normalized spacial score (nSPS) is 17.4. The van der Waals surface area contributed by atoms with Crippen molar-refractivity contribution in [3.63, 3.8) is 0 Å². The molecule has 0 saturated carbocycles. The molecule has 1 atom stereocenters. The molecule has 1 saturated heterocycles. The van der Waals surface area contributed by atoms with E-state index in [2.05, 4.69) is 0 Å². The van der Waals surface area contributed by atoms with E-state index in [-0.39, 0.29) is 17.9 Å². The Labute approximate surface area is 193 Å². The molecule has 1 amide bonds. The third-order valence-electron chi connectivity index (χ3n) is 5.71. The van der Waals surface area contributed by atoms with Gasteiger partial charge in [0.1, 0.15) is 11.5 Å². The van der Waals surface area contributed by atoms with Gasteiger partial charge in [-0.25, -0.2) is 0 Å². The zero-order chi connectivity index (χ0) is 23.4. The quantitative estimate of drug-likeness (QED) is 0.303. The van der Waals surface area contributed by atoms with E-state index in [4.69, 9.17) is 4.74 Å². The average molecular weight is 442 g/mol. The van der Waals surface area contributed by atoms with Crippen molar-refractivity contribution in [3.05, 3.63) is 107 Å². The first-order valence-corrected chi connectivity index (χ1v) is 11.1. The molecule has 0 bridgehead atoms. The third kappa shape index (κ3) is 4.67. The number of amides is 1. The summed E-state index contributed by atoms with van der Waals surface area (Å²) in [7, 11) is 0. The van der Waals surface area contributed by atoms with E-state index in [0.717, 1.165) is 23.1 Å². The van der Waals surface area contributed by atoms with E-state index in [1.807, 2.05) is 68.4 Å². The first-order chi connectivity index (χ1) is 16.0. The highest BCUT2D eigenvalue weighted by Gasteiger charge is 2.46. The average Bonchev–Trinajstić information content (AvgIpc) is 3.08. The van der Waals surface area contributed by atoms with E-state index in [9.17, 15) is 14.7 Å². The standard InChI is InChI=1S/C28H27NO4/c1-3-16-33-23-11-7-10-22(17-23)26(30)24-25(21-14-12-19(2)13-15-21)29(28(32)27(24)31)18-20-8-5-4-6-9-20/h4-15,17,25,30H,3,16,18H2,1-2H3/b26-24+. The van der Waals surface area contributed by atoms with Gasteiger partial charge >= 0.3 is 0 Å². The summed E-state index contributed by atoms with van der Waals surface area (Å²) in [6, 6.07) is 23.5. The van der Waals surface area contributed by atoms with Crippen LogP contribution in [0.2, 0.25) is 0 Å². The molecule has 5 heteroatoms. The molecule has 1 heterocycles. The van der Waals surface area contributed by atoms with E-state index in [1.165, 1.54) is 4.90 Å². The Morgan fingerprint density at radius 1 is 0.970 bits per heavy atom. The lowest BCUT2D eigenvalue weighted by Gasteiger charge is -2.25. The van der Waals surface area contributed by atoms with Crippen LogP contribution in [0, 0.1) is 6.92 Å². The van der Waals surface area contributed by atoms with Crippen LogP contribution in [-0.2, 0) is 16.1 Å². The molecule has 0 aromatic heterocycles. The van der Waals surface area contributed by atoms with Crippen molar-refractivity contribution in [2.45, 2.75) is 32.9 Å². The maximum atomic E-state index is 13.2. The Hall–Kier alpha value is -3.86. The Kier molecular flexibility index (Phi) is 6.59. The van der Waals surface area contributed by atoms with Gasteiger partial charge in [0.15, 0.2) is 0 Å². The number of hydrogen-bond donors (Lipinski definition) is 1. The molecule has 3 aromatic carbocycles. The van der Waals surface area contributed by atoms with Gasteiger partial charge in [-0.1, -0.05) is 79.2 Å². The minimum Gasteiger partial charge on any atom is -0.507 e. The second-order valence-corrected chi connectivity index (χ2v) is 8.20. The summed E-state index contributed by atoms with van der Waals surface area (Å²) in [6.07, 6.45) is 0.855. The van der Waals surface area contributed by atoms with Crippen molar-refractivity contribution in [3.8, 4) is 5.75 Å². The molecule has 4 rings (SSSR count). The molecule has 1 aliphatic heterocycles. The summed E-state index contributed by atoms with van der Waals surface area (Å²) in [5, 5.41) is 11.3. The molecule has 1 N–H and O–H groups in total. The Morgan fingerprint density at radius 2 is 1.70 bits per heavy atom. The number of likely N-dealkylation sites (tertiary alicyclic amines) is 1. The highest BCUT2D eigenvalue weighted by molar-refractivity contribution is 6.46. The summed E-state index contributed by atoms with van der Waals surface area (Å²) < 4.78 is 5.69. The molecule has 0 spiro atoms. The van der Waals surface area contributed by atoms with Gasteiger partial charge in [-0.15, -0.1) is 0 Å². The highest BCUT2D eigenvalue weighted by Crippen LogP contribution is 2.40.